The third-order valence-corrected chi connectivity index (χ3v) is 8.37. The summed E-state index contributed by atoms with van der Waals surface area (Å²) in [4.78, 5) is -0.208. The quantitative estimate of drug-likeness (QED) is 0.519. The lowest BCUT2D eigenvalue weighted by molar-refractivity contribution is 0.362. The Morgan fingerprint density at radius 2 is 1.59 bits per heavy atom. The fourth-order valence-electron chi connectivity index (χ4n) is 3.63. The zero-order valence-electron chi connectivity index (χ0n) is 18.0. The van der Waals surface area contributed by atoms with Gasteiger partial charge in [-0.2, -0.15) is 17.9 Å². The highest BCUT2D eigenvalue weighted by Crippen LogP contribution is 2.39. The first-order chi connectivity index (χ1) is 16.1. The lowest BCUT2D eigenvalue weighted by atomic mass is 9.98. The number of halogens is 2. The van der Waals surface area contributed by atoms with Crippen LogP contribution in [0.4, 0.5) is 14.5 Å². The Labute approximate surface area is 196 Å². The van der Waals surface area contributed by atoms with Crippen molar-refractivity contribution >= 4 is 31.4 Å². The third-order valence-electron chi connectivity index (χ3n) is 5.38. The molecule has 1 atom stereocenters. The van der Waals surface area contributed by atoms with E-state index < -0.39 is 37.7 Å². The van der Waals surface area contributed by atoms with Gasteiger partial charge in [-0.3, -0.25) is 4.72 Å². The van der Waals surface area contributed by atoms with Crippen molar-refractivity contribution in [2.75, 3.05) is 10.5 Å². The molecule has 0 saturated carbocycles. The predicted octanol–water partition coefficient (Wildman–Crippen LogP) is 4.27. The standard InChI is InChI=1S/C23H21F2N3O4S2/c1-2-33(29,30)27-21-10-6-4-8-19(21)22-15-23(18-7-3-5-9-20(18)25)28(26-22)34(31,32)17-13-11-16(24)12-14-17/h3-14,23,27H,2,15H2,1H3/t23-/m1/s1. The van der Waals surface area contributed by atoms with Crippen LogP contribution in [0.25, 0.3) is 0 Å². The van der Waals surface area contributed by atoms with Gasteiger partial charge in [-0.15, -0.1) is 0 Å². The number of hydrogen-bond acceptors (Lipinski definition) is 5. The number of nitrogens with zero attached hydrogens (tertiary/aromatic N) is 2. The summed E-state index contributed by atoms with van der Waals surface area (Å²) in [7, 11) is -7.91. The molecule has 1 aliphatic heterocycles. The van der Waals surface area contributed by atoms with E-state index >= 15 is 0 Å². The van der Waals surface area contributed by atoms with E-state index in [1.165, 1.54) is 25.1 Å². The first-order valence-corrected chi connectivity index (χ1v) is 13.4. The lowest BCUT2D eigenvalue weighted by Gasteiger charge is -2.23. The Hall–Kier alpha value is -3.31. The molecule has 0 aliphatic carbocycles. The van der Waals surface area contributed by atoms with Crippen molar-refractivity contribution in [1.82, 2.24) is 4.41 Å². The molecule has 4 rings (SSSR count). The summed E-state index contributed by atoms with van der Waals surface area (Å²) in [6.45, 7) is 1.49. The van der Waals surface area contributed by atoms with Crippen LogP contribution in [-0.4, -0.2) is 32.7 Å². The fourth-order valence-corrected chi connectivity index (χ4v) is 5.71. The van der Waals surface area contributed by atoms with Crippen molar-refractivity contribution in [2.24, 2.45) is 5.10 Å². The molecule has 11 heteroatoms. The molecule has 34 heavy (non-hydrogen) atoms. The van der Waals surface area contributed by atoms with E-state index in [1.54, 1.807) is 30.3 Å². The Morgan fingerprint density at radius 1 is 0.941 bits per heavy atom. The highest BCUT2D eigenvalue weighted by Gasteiger charge is 2.39. The van der Waals surface area contributed by atoms with Gasteiger partial charge in [0.25, 0.3) is 10.0 Å². The van der Waals surface area contributed by atoms with E-state index in [2.05, 4.69) is 9.82 Å². The van der Waals surface area contributed by atoms with Gasteiger partial charge in [0.05, 0.1) is 28.1 Å². The van der Waals surface area contributed by atoms with Gasteiger partial charge >= 0.3 is 0 Å². The fraction of sp³-hybridized carbons (Fsp3) is 0.174. The molecule has 0 aromatic heterocycles. The Balaban J connectivity index is 1.84. The first-order valence-electron chi connectivity index (χ1n) is 10.3. The van der Waals surface area contributed by atoms with Crippen LogP contribution < -0.4 is 4.72 Å². The summed E-state index contributed by atoms with van der Waals surface area (Å²) >= 11 is 0. The molecule has 1 N–H and O–H groups in total. The van der Waals surface area contributed by atoms with Crippen LogP contribution in [0.15, 0.2) is 82.8 Å². The number of rotatable bonds is 7. The van der Waals surface area contributed by atoms with Crippen molar-refractivity contribution in [3.63, 3.8) is 0 Å². The SMILES string of the molecule is CCS(=O)(=O)Nc1ccccc1C1=NN(S(=O)(=O)c2ccc(F)cc2)[C@@H](c2ccccc2F)C1. The summed E-state index contributed by atoms with van der Waals surface area (Å²) in [6.07, 6.45) is -0.00771. The monoisotopic (exact) mass is 505 g/mol. The Morgan fingerprint density at radius 3 is 2.26 bits per heavy atom. The van der Waals surface area contributed by atoms with E-state index in [1.807, 2.05) is 0 Å². The third kappa shape index (κ3) is 4.66. The van der Waals surface area contributed by atoms with Gasteiger partial charge in [0, 0.05) is 17.5 Å². The number of hydrazone groups is 1. The van der Waals surface area contributed by atoms with Crippen LogP contribution in [0.2, 0.25) is 0 Å². The molecular weight excluding hydrogens is 484 g/mol. The smallest absolute Gasteiger partial charge is 0.279 e. The predicted molar refractivity (Wildman–Crippen MR) is 125 cm³/mol. The molecule has 0 radical (unpaired) electrons. The minimum Gasteiger partial charge on any atom is -0.283 e. The largest absolute Gasteiger partial charge is 0.283 e. The molecule has 0 saturated heterocycles. The Kier molecular flexibility index (Phi) is 6.41. The zero-order valence-corrected chi connectivity index (χ0v) is 19.7. The number of hydrogen-bond donors (Lipinski definition) is 1. The molecule has 1 aliphatic rings. The average molecular weight is 506 g/mol. The molecule has 1 heterocycles. The van der Waals surface area contributed by atoms with Crippen molar-refractivity contribution < 1.29 is 25.6 Å². The summed E-state index contributed by atoms with van der Waals surface area (Å²) in [5.74, 6) is -1.37. The van der Waals surface area contributed by atoms with E-state index in [9.17, 15) is 25.6 Å². The van der Waals surface area contributed by atoms with E-state index in [4.69, 9.17) is 0 Å². The lowest BCUT2D eigenvalue weighted by Crippen LogP contribution is -2.28. The highest BCUT2D eigenvalue weighted by molar-refractivity contribution is 7.92. The zero-order chi connectivity index (χ0) is 24.5. The van der Waals surface area contributed by atoms with Gasteiger partial charge in [0.15, 0.2) is 0 Å². The second-order valence-corrected chi connectivity index (χ2v) is 11.4. The van der Waals surface area contributed by atoms with Crippen molar-refractivity contribution in [2.45, 2.75) is 24.3 Å². The van der Waals surface area contributed by atoms with Gasteiger partial charge in [-0.05, 0) is 43.3 Å². The minimum atomic E-state index is -4.29. The van der Waals surface area contributed by atoms with Crippen LogP contribution >= 0.6 is 0 Å². The first kappa shape index (κ1) is 23.8. The maximum absolute atomic E-state index is 14.7. The van der Waals surface area contributed by atoms with E-state index in [0.717, 1.165) is 28.7 Å². The van der Waals surface area contributed by atoms with Crippen LogP contribution in [0.1, 0.15) is 30.5 Å². The highest BCUT2D eigenvalue weighted by atomic mass is 32.2. The molecule has 0 bridgehead atoms. The van der Waals surface area contributed by atoms with Gasteiger partial charge < -0.3 is 0 Å². The molecule has 7 nitrogen and oxygen atoms in total. The molecular formula is C23H21F2N3O4S2. The molecule has 0 fully saturated rings. The van der Waals surface area contributed by atoms with E-state index in [-0.39, 0.29) is 34.0 Å². The maximum atomic E-state index is 14.7. The number of sulfonamides is 2. The van der Waals surface area contributed by atoms with Crippen molar-refractivity contribution in [1.29, 1.82) is 0 Å². The summed E-state index contributed by atoms with van der Waals surface area (Å²) in [5.41, 5.74) is 0.973. The van der Waals surface area contributed by atoms with Gasteiger partial charge in [-0.1, -0.05) is 36.4 Å². The van der Waals surface area contributed by atoms with Gasteiger partial charge in [0.2, 0.25) is 10.0 Å². The van der Waals surface area contributed by atoms with Crippen LogP contribution in [0.5, 0.6) is 0 Å². The Bertz CT molecular complexity index is 1460. The van der Waals surface area contributed by atoms with Crippen LogP contribution in [0, 0.1) is 11.6 Å². The van der Waals surface area contributed by atoms with E-state index in [0.29, 0.717) is 5.56 Å². The molecule has 3 aromatic carbocycles. The number of nitrogens with one attached hydrogen (secondary N) is 1. The average Bonchev–Trinajstić information content (AvgIpc) is 3.26. The van der Waals surface area contributed by atoms with Crippen LogP contribution in [0.3, 0.4) is 0 Å². The summed E-state index contributed by atoms with van der Waals surface area (Å²) in [5, 5.41) is 4.31. The second kappa shape index (κ2) is 9.15. The number of benzene rings is 3. The van der Waals surface area contributed by atoms with Crippen molar-refractivity contribution in [3.8, 4) is 0 Å². The molecule has 0 spiro atoms. The van der Waals surface area contributed by atoms with Gasteiger partial charge in [-0.25, -0.2) is 17.2 Å². The topological polar surface area (TPSA) is 95.9 Å². The minimum absolute atomic E-state index is 0.00771. The summed E-state index contributed by atoms with van der Waals surface area (Å²) < 4.78 is 82.6. The maximum Gasteiger partial charge on any atom is 0.279 e. The number of anilines is 1. The van der Waals surface area contributed by atoms with Crippen molar-refractivity contribution in [3.05, 3.63) is 95.6 Å². The van der Waals surface area contributed by atoms with Gasteiger partial charge in [0.1, 0.15) is 11.6 Å². The second-order valence-electron chi connectivity index (χ2n) is 7.57. The molecule has 0 amide bonds. The molecule has 178 valence electrons. The molecule has 0 unspecified atom stereocenters. The normalized spacial score (nSPS) is 16.4. The molecule has 3 aromatic rings. The number of para-hydroxylation sites is 1. The summed E-state index contributed by atoms with van der Waals surface area (Å²) in [6, 6.07) is 15.4. The van der Waals surface area contributed by atoms with Crippen LogP contribution in [-0.2, 0) is 20.0 Å².